The van der Waals surface area contributed by atoms with Gasteiger partial charge in [-0.15, -0.1) is 0 Å². The topological polar surface area (TPSA) is 38.9 Å². The minimum absolute atomic E-state index is 0.506. The number of rotatable bonds is 1. The van der Waals surface area contributed by atoms with Crippen molar-refractivity contribution >= 4 is 17.4 Å². The number of nitrogens with two attached hydrogens (primary N) is 1. The summed E-state index contributed by atoms with van der Waals surface area (Å²) in [5, 5.41) is 0.709. The molecule has 0 fully saturated rings. The molecule has 0 spiro atoms. The molecule has 0 aliphatic heterocycles. The molecule has 2 N–H and O–H groups in total. The molecule has 0 radical (unpaired) electrons. The highest BCUT2D eigenvalue weighted by Crippen LogP contribution is 2.29. The van der Waals surface area contributed by atoms with Gasteiger partial charge in [0.1, 0.15) is 5.82 Å². The largest absolute Gasteiger partial charge is 0.384 e. The lowest BCUT2D eigenvalue weighted by atomic mass is 10.0. The van der Waals surface area contributed by atoms with E-state index in [0.29, 0.717) is 10.8 Å². The molecule has 1 heterocycles. The molecular formula is C13H13ClN2. The Balaban J connectivity index is 2.60. The normalized spacial score (nSPS) is 10.4. The van der Waals surface area contributed by atoms with E-state index in [1.807, 2.05) is 31.2 Å². The first-order valence-corrected chi connectivity index (χ1v) is 5.45. The zero-order valence-corrected chi connectivity index (χ0v) is 10.0. The predicted molar refractivity (Wildman–Crippen MR) is 68.6 cm³/mol. The summed E-state index contributed by atoms with van der Waals surface area (Å²) in [5.41, 5.74) is 9.78. The highest BCUT2D eigenvalue weighted by molar-refractivity contribution is 6.33. The van der Waals surface area contributed by atoms with Gasteiger partial charge in [-0.25, -0.2) is 4.98 Å². The van der Waals surface area contributed by atoms with Gasteiger partial charge in [-0.2, -0.15) is 0 Å². The number of aromatic nitrogens is 1. The van der Waals surface area contributed by atoms with Crippen LogP contribution in [0.4, 0.5) is 5.82 Å². The fourth-order valence-electron chi connectivity index (χ4n) is 1.58. The third-order valence-corrected chi connectivity index (χ3v) is 2.94. The Hall–Kier alpha value is -1.54. The van der Waals surface area contributed by atoms with Crippen LogP contribution in [-0.2, 0) is 0 Å². The first-order chi connectivity index (χ1) is 7.58. The number of hydrogen-bond acceptors (Lipinski definition) is 2. The molecule has 2 rings (SSSR count). The van der Waals surface area contributed by atoms with Gasteiger partial charge in [-0.05, 0) is 49.2 Å². The number of anilines is 1. The second-order valence-electron chi connectivity index (χ2n) is 3.86. The van der Waals surface area contributed by atoms with Crippen molar-refractivity contribution in [3.63, 3.8) is 0 Å². The van der Waals surface area contributed by atoms with Crippen LogP contribution in [0.25, 0.3) is 11.3 Å². The summed E-state index contributed by atoms with van der Waals surface area (Å²) in [6.45, 7) is 4.10. The first kappa shape index (κ1) is 11.0. The van der Waals surface area contributed by atoms with Gasteiger partial charge < -0.3 is 5.73 Å². The van der Waals surface area contributed by atoms with Crippen molar-refractivity contribution < 1.29 is 0 Å². The van der Waals surface area contributed by atoms with Crippen LogP contribution in [-0.4, -0.2) is 4.98 Å². The van der Waals surface area contributed by atoms with E-state index in [4.69, 9.17) is 17.3 Å². The van der Waals surface area contributed by atoms with Gasteiger partial charge in [0, 0.05) is 5.56 Å². The van der Waals surface area contributed by atoms with Crippen molar-refractivity contribution in [3.8, 4) is 11.3 Å². The van der Waals surface area contributed by atoms with Gasteiger partial charge in [0.25, 0.3) is 0 Å². The molecule has 0 saturated carbocycles. The lowest BCUT2D eigenvalue weighted by Gasteiger charge is -2.08. The maximum absolute atomic E-state index is 6.21. The van der Waals surface area contributed by atoms with Crippen molar-refractivity contribution in [3.05, 3.63) is 46.5 Å². The molecule has 3 heteroatoms. The molecule has 1 aromatic carbocycles. The summed E-state index contributed by atoms with van der Waals surface area (Å²) in [7, 11) is 0. The molecular weight excluding hydrogens is 220 g/mol. The maximum atomic E-state index is 6.21. The number of nitrogens with zero attached hydrogens (tertiary/aromatic N) is 1. The third kappa shape index (κ3) is 2.02. The Labute approximate surface area is 100 Å². The van der Waals surface area contributed by atoms with E-state index in [0.717, 1.165) is 11.3 Å². The summed E-state index contributed by atoms with van der Waals surface area (Å²) >= 11 is 6.21. The van der Waals surface area contributed by atoms with Gasteiger partial charge in [-0.3, -0.25) is 0 Å². The van der Waals surface area contributed by atoms with Crippen LogP contribution in [0.1, 0.15) is 11.1 Å². The molecule has 0 saturated heterocycles. The zero-order valence-electron chi connectivity index (χ0n) is 9.29. The van der Waals surface area contributed by atoms with Crippen molar-refractivity contribution in [1.82, 2.24) is 4.98 Å². The van der Waals surface area contributed by atoms with E-state index in [9.17, 15) is 0 Å². The summed E-state index contributed by atoms with van der Waals surface area (Å²) in [4.78, 5) is 4.27. The lowest BCUT2D eigenvalue weighted by molar-refractivity contribution is 1.30. The summed E-state index contributed by atoms with van der Waals surface area (Å²) in [6, 6.07) is 9.55. The molecule has 0 bridgehead atoms. The van der Waals surface area contributed by atoms with Crippen LogP contribution in [0, 0.1) is 13.8 Å². The number of nitrogen functional groups attached to an aromatic ring is 1. The monoisotopic (exact) mass is 232 g/mol. The number of pyridine rings is 1. The molecule has 0 unspecified atom stereocenters. The number of aryl methyl sites for hydroxylation is 2. The van der Waals surface area contributed by atoms with Crippen molar-refractivity contribution in [2.45, 2.75) is 13.8 Å². The Morgan fingerprint density at radius 2 is 1.81 bits per heavy atom. The Morgan fingerprint density at radius 3 is 2.50 bits per heavy atom. The fraction of sp³-hybridized carbons (Fsp3) is 0.154. The van der Waals surface area contributed by atoms with Crippen molar-refractivity contribution in [2.75, 3.05) is 5.73 Å². The smallest absolute Gasteiger partial charge is 0.124 e. The van der Waals surface area contributed by atoms with E-state index < -0.39 is 0 Å². The van der Waals surface area contributed by atoms with Crippen LogP contribution in [0.5, 0.6) is 0 Å². The van der Waals surface area contributed by atoms with Gasteiger partial charge >= 0.3 is 0 Å². The van der Waals surface area contributed by atoms with Crippen LogP contribution in [0.3, 0.4) is 0 Å². The van der Waals surface area contributed by atoms with Gasteiger partial charge in [-0.1, -0.05) is 17.7 Å². The number of benzene rings is 1. The molecule has 1 aromatic heterocycles. The quantitative estimate of drug-likeness (QED) is 0.816. The lowest BCUT2D eigenvalue weighted by Crippen LogP contribution is -1.93. The average molecular weight is 233 g/mol. The standard InChI is InChI=1S/C13H13ClN2/c1-8-6-10(11(14)7-9(8)2)12-4-3-5-13(15)16-12/h3-7H,1-2H3,(H2,15,16). The van der Waals surface area contributed by atoms with E-state index in [1.54, 1.807) is 6.07 Å². The molecule has 2 nitrogen and oxygen atoms in total. The van der Waals surface area contributed by atoms with Gasteiger partial charge in [0.15, 0.2) is 0 Å². The first-order valence-electron chi connectivity index (χ1n) is 5.07. The van der Waals surface area contributed by atoms with Crippen LogP contribution >= 0.6 is 11.6 Å². The van der Waals surface area contributed by atoms with Gasteiger partial charge in [0.05, 0.1) is 10.7 Å². The summed E-state index contributed by atoms with van der Waals surface area (Å²) in [5.74, 6) is 0.506. The second-order valence-corrected chi connectivity index (χ2v) is 4.27. The minimum Gasteiger partial charge on any atom is -0.384 e. The highest BCUT2D eigenvalue weighted by atomic mass is 35.5. The highest BCUT2D eigenvalue weighted by Gasteiger charge is 2.07. The molecule has 2 aromatic rings. The Morgan fingerprint density at radius 1 is 1.12 bits per heavy atom. The molecule has 0 amide bonds. The number of halogens is 1. The Kier molecular flexibility index (Phi) is 2.84. The van der Waals surface area contributed by atoms with E-state index in [-0.39, 0.29) is 0 Å². The van der Waals surface area contributed by atoms with Crippen LogP contribution in [0.15, 0.2) is 30.3 Å². The summed E-state index contributed by atoms with van der Waals surface area (Å²) in [6.07, 6.45) is 0. The molecule has 16 heavy (non-hydrogen) atoms. The van der Waals surface area contributed by atoms with E-state index >= 15 is 0 Å². The minimum atomic E-state index is 0.506. The molecule has 82 valence electrons. The van der Waals surface area contributed by atoms with Crippen LogP contribution in [0.2, 0.25) is 5.02 Å². The molecule has 0 aliphatic carbocycles. The maximum Gasteiger partial charge on any atom is 0.124 e. The van der Waals surface area contributed by atoms with Crippen molar-refractivity contribution in [2.24, 2.45) is 0 Å². The molecule has 0 atom stereocenters. The summed E-state index contributed by atoms with van der Waals surface area (Å²) < 4.78 is 0. The number of hydrogen-bond donors (Lipinski definition) is 1. The fourth-order valence-corrected chi connectivity index (χ4v) is 1.89. The second kappa shape index (κ2) is 4.14. The van der Waals surface area contributed by atoms with Gasteiger partial charge in [0.2, 0.25) is 0 Å². The average Bonchev–Trinajstić information content (AvgIpc) is 2.23. The van der Waals surface area contributed by atoms with Crippen LogP contribution < -0.4 is 5.73 Å². The zero-order chi connectivity index (χ0) is 11.7. The molecule has 0 aliphatic rings. The van der Waals surface area contributed by atoms with E-state index in [2.05, 4.69) is 11.9 Å². The SMILES string of the molecule is Cc1cc(Cl)c(-c2cccc(N)n2)cc1C. The third-order valence-electron chi connectivity index (χ3n) is 2.63. The Bertz CT molecular complexity index is 535. The van der Waals surface area contributed by atoms with Crippen molar-refractivity contribution in [1.29, 1.82) is 0 Å². The van der Waals surface area contributed by atoms with E-state index in [1.165, 1.54) is 11.1 Å². The predicted octanol–water partition coefficient (Wildman–Crippen LogP) is 3.60.